The van der Waals surface area contributed by atoms with Gasteiger partial charge in [-0.15, -0.1) is 0 Å². The summed E-state index contributed by atoms with van der Waals surface area (Å²) in [4.78, 5) is 0. The third-order valence-corrected chi connectivity index (χ3v) is 3.38. The van der Waals surface area contributed by atoms with Crippen molar-refractivity contribution in [2.75, 3.05) is 13.1 Å². The molecule has 1 aromatic carbocycles. The van der Waals surface area contributed by atoms with Crippen LogP contribution in [0.3, 0.4) is 0 Å². The van der Waals surface area contributed by atoms with Gasteiger partial charge in [0.25, 0.3) is 0 Å². The lowest BCUT2D eigenvalue weighted by Crippen LogP contribution is -2.15. The maximum atomic E-state index is 6.11. The first kappa shape index (κ1) is 14.2. The Morgan fingerprint density at radius 1 is 1.37 bits per heavy atom. The van der Waals surface area contributed by atoms with E-state index in [2.05, 4.69) is 25.2 Å². The number of furan rings is 1. The second-order valence-electron chi connectivity index (χ2n) is 4.69. The summed E-state index contributed by atoms with van der Waals surface area (Å²) >= 11 is 6.11. The van der Waals surface area contributed by atoms with Crippen molar-refractivity contribution in [2.45, 2.75) is 26.7 Å². The summed E-state index contributed by atoms with van der Waals surface area (Å²) in [5.41, 5.74) is 1.93. The number of para-hydroxylation sites is 1. The van der Waals surface area contributed by atoms with E-state index in [0.29, 0.717) is 5.02 Å². The van der Waals surface area contributed by atoms with E-state index in [1.807, 2.05) is 24.3 Å². The van der Waals surface area contributed by atoms with E-state index in [1.54, 1.807) is 0 Å². The number of rotatable bonds is 6. The molecule has 1 heterocycles. The number of hydrogen-bond acceptors (Lipinski definition) is 2. The standard InChI is InChI=1S/C16H20ClNO/c1-3-9-18-10-5-6-12(2)15-11-13-7-4-8-14(17)16(13)19-15/h4,6-8,11,18H,3,5,9-10H2,1-2H3/b12-6-. The Kier molecular flexibility index (Phi) is 5.06. The zero-order chi connectivity index (χ0) is 13.7. The molecule has 0 spiro atoms. The number of fused-ring (bicyclic) bond motifs is 1. The van der Waals surface area contributed by atoms with Crippen LogP contribution in [0.25, 0.3) is 16.5 Å². The molecule has 0 aliphatic rings. The zero-order valence-electron chi connectivity index (χ0n) is 11.5. The van der Waals surface area contributed by atoms with Crippen LogP contribution in [0.2, 0.25) is 5.02 Å². The van der Waals surface area contributed by atoms with E-state index in [4.69, 9.17) is 16.0 Å². The molecule has 0 aliphatic heterocycles. The van der Waals surface area contributed by atoms with Crippen LogP contribution in [-0.2, 0) is 0 Å². The van der Waals surface area contributed by atoms with Crippen LogP contribution in [0.15, 0.2) is 34.8 Å². The van der Waals surface area contributed by atoms with Crippen molar-refractivity contribution in [3.8, 4) is 0 Å². The van der Waals surface area contributed by atoms with Gasteiger partial charge in [-0.3, -0.25) is 0 Å². The summed E-state index contributed by atoms with van der Waals surface area (Å²) in [5, 5.41) is 5.10. The number of benzene rings is 1. The zero-order valence-corrected chi connectivity index (χ0v) is 12.3. The van der Waals surface area contributed by atoms with E-state index in [0.717, 1.165) is 41.8 Å². The topological polar surface area (TPSA) is 25.2 Å². The van der Waals surface area contributed by atoms with Gasteiger partial charge in [0.2, 0.25) is 0 Å². The average molecular weight is 278 g/mol. The average Bonchev–Trinajstić information content (AvgIpc) is 2.84. The van der Waals surface area contributed by atoms with Crippen molar-refractivity contribution >= 4 is 28.1 Å². The molecule has 0 bridgehead atoms. The SMILES string of the molecule is CCCNCC/C=C(/C)c1cc2cccc(Cl)c2o1. The van der Waals surface area contributed by atoms with Crippen molar-refractivity contribution < 1.29 is 4.42 Å². The molecule has 3 heteroatoms. The van der Waals surface area contributed by atoms with Crippen molar-refractivity contribution in [3.63, 3.8) is 0 Å². The summed E-state index contributed by atoms with van der Waals surface area (Å²) in [5.74, 6) is 0.901. The molecule has 102 valence electrons. The molecule has 2 rings (SSSR count). The first-order valence-electron chi connectivity index (χ1n) is 6.78. The molecule has 1 N–H and O–H groups in total. The summed E-state index contributed by atoms with van der Waals surface area (Å²) in [6.45, 7) is 6.33. The Morgan fingerprint density at radius 2 is 2.21 bits per heavy atom. The highest BCUT2D eigenvalue weighted by molar-refractivity contribution is 6.34. The van der Waals surface area contributed by atoms with Crippen molar-refractivity contribution in [3.05, 3.63) is 41.1 Å². The molecule has 2 nitrogen and oxygen atoms in total. The summed E-state index contributed by atoms with van der Waals surface area (Å²) in [6.07, 6.45) is 4.38. The van der Waals surface area contributed by atoms with E-state index >= 15 is 0 Å². The predicted octanol–water partition coefficient (Wildman–Crippen LogP) is 4.88. The molecule has 0 amide bonds. The van der Waals surface area contributed by atoms with Gasteiger partial charge in [-0.2, -0.15) is 0 Å². The first-order chi connectivity index (χ1) is 9.22. The van der Waals surface area contributed by atoms with Crippen LogP contribution < -0.4 is 5.32 Å². The molecular weight excluding hydrogens is 258 g/mol. The molecule has 0 radical (unpaired) electrons. The van der Waals surface area contributed by atoms with Crippen LogP contribution in [0.1, 0.15) is 32.4 Å². The summed E-state index contributed by atoms with van der Waals surface area (Å²) in [7, 11) is 0. The maximum Gasteiger partial charge on any atom is 0.153 e. The van der Waals surface area contributed by atoms with Crippen LogP contribution in [0.4, 0.5) is 0 Å². The Bertz CT molecular complexity index is 571. The van der Waals surface area contributed by atoms with Crippen LogP contribution >= 0.6 is 11.6 Å². The van der Waals surface area contributed by atoms with E-state index < -0.39 is 0 Å². The van der Waals surface area contributed by atoms with Gasteiger partial charge in [0.15, 0.2) is 5.58 Å². The number of halogens is 1. The molecule has 0 aliphatic carbocycles. The molecule has 0 saturated carbocycles. The Hall–Kier alpha value is -1.25. The second-order valence-corrected chi connectivity index (χ2v) is 5.10. The van der Waals surface area contributed by atoms with Gasteiger partial charge < -0.3 is 9.73 Å². The lowest BCUT2D eigenvalue weighted by atomic mass is 10.1. The Labute approximate surface area is 119 Å². The van der Waals surface area contributed by atoms with Gasteiger partial charge in [-0.05, 0) is 50.6 Å². The maximum absolute atomic E-state index is 6.11. The predicted molar refractivity (Wildman–Crippen MR) is 82.7 cm³/mol. The number of nitrogens with one attached hydrogen (secondary N) is 1. The Morgan fingerprint density at radius 3 is 2.95 bits per heavy atom. The minimum absolute atomic E-state index is 0.668. The number of hydrogen-bond donors (Lipinski definition) is 1. The third-order valence-electron chi connectivity index (χ3n) is 3.08. The lowest BCUT2D eigenvalue weighted by Gasteiger charge is -2.00. The molecule has 0 atom stereocenters. The molecule has 0 fully saturated rings. The minimum atomic E-state index is 0.668. The van der Waals surface area contributed by atoms with Gasteiger partial charge in [0, 0.05) is 5.39 Å². The van der Waals surface area contributed by atoms with Crippen LogP contribution in [-0.4, -0.2) is 13.1 Å². The van der Waals surface area contributed by atoms with Crippen molar-refractivity contribution in [1.82, 2.24) is 5.32 Å². The van der Waals surface area contributed by atoms with E-state index in [-0.39, 0.29) is 0 Å². The fourth-order valence-corrected chi connectivity index (χ4v) is 2.24. The van der Waals surface area contributed by atoms with Gasteiger partial charge in [-0.25, -0.2) is 0 Å². The van der Waals surface area contributed by atoms with Gasteiger partial charge in [0.05, 0.1) is 5.02 Å². The van der Waals surface area contributed by atoms with E-state index in [9.17, 15) is 0 Å². The monoisotopic (exact) mass is 277 g/mol. The van der Waals surface area contributed by atoms with Crippen LogP contribution in [0, 0.1) is 0 Å². The molecule has 0 saturated heterocycles. The molecular formula is C16H20ClNO. The van der Waals surface area contributed by atoms with Gasteiger partial charge in [0.1, 0.15) is 5.76 Å². The Balaban J connectivity index is 2.06. The fourth-order valence-electron chi connectivity index (χ4n) is 2.01. The quantitative estimate of drug-likeness (QED) is 0.761. The normalized spacial score (nSPS) is 12.3. The summed E-state index contributed by atoms with van der Waals surface area (Å²) < 4.78 is 5.82. The minimum Gasteiger partial charge on any atom is -0.455 e. The first-order valence-corrected chi connectivity index (χ1v) is 7.16. The van der Waals surface area contributed by atoms with Gasteiger partial charge >= 0.3 is 0 Å². The van der Waals surface area contributed by atoms with Gasteiger partial charge in [-0.1, -0.05) is 36.7 Å². The lowest BCUT2D eigenvalue weighted by molar-refractivity contribution is 0.598. The molecule has 2 aromatic rings. The highest BCUT2D eigenvalue weighted by Gasteiger charge is 2.07. The smallest absolute Gasteiger partial charge is 0.153 e. The third kappa shape index (κ3) is 3.62. The molecule has 19 heavy (non-hydrogen) atoms. The van der Waals surface area contributed by atoms with Crippen molar-refractivity contribution in [2.24, 2.45) is 0 Å². The molecule has 0 unspecified atom stereocenters. The highest BCUT2D eigenvalue weighted by Crippen LogP contribution is 2.29. The van der Waals surface area contributed by atoms with Crippen LogP contribution in [0.5, 0.6) is 0 Å². The second kappa shape index (κ2) is 6.78. The van der Waals surface area contributed by atoms with Crippen molar-refractivity contribution in [1.29, 1.82) is 0 Å². The molecule has 1 aromatic heterocycles. The summed E-state index contributed by atoms with van der Waals surface area (Å²) in [6, 6.07) is 7.86. The number of allylic oxidation sites excluding steroid dienone is 1. The highest BCUT2D eigenvalue weighted by atomic mass is 35.5. The largest absolute Gasteiger partial charge is 0.455 e. The van der Waals surface area contributed by atoms with E-state index in [1.165, 1.54) is 6.42 Å². The fraction of sp³-hybridized carbons (Fsp3) is 0.375.